The zero-order valence-electron chi connectivity index (χ0n) is 13.1. The van der Waals surface area contributed by atoms with E-state index in [-0.39, 0.29) is 0 Å². The van der Waals surface area contributed by atoms with Crippen LogP contribution in [0, 0.1) is 13.8 Å². The van der Waals surface area contributed by atoms with Crippen molar-refractivity contribution in [1.82, 2.24) is 9.97 Å². The minimum atomic E-state index is 0.297. The molecule has 0 amide bonds. The van der Waals surface area contributed by atoms with E-state index < -0.39 is 0 Å². The van der Waals surface area contributed by atoms with Gasteiger partial charge in [-0.2, -0.15) is 0 Å². The molecule has 22 heavy (non-hydrogen) atoms. The number of benzene rings is 1. The third kappa shape index (κ3) is 3.74. The molecule has 1 fully saturated rings. The van der Waals surface area contributed by atoms with Crippen molar-refractivity contribution >= 4 is 17.3 Å². The van der Waals surface area contributed by atoms with Gasteiger partial charge in [0.25, 0.3) is 0 Å². The highest BCUT2D eigenvalue weighted by atomic mass is 16.5. The summed E-state index contributed by atoms with van der Waals surface area (Å²) in [5, 5.41) is 6.64. The van der Waals surface area contributed by atoms with Gasteiger partial charge in [0.2, 0.25) is 0 Å². The van der Waals surface area contributed by atoms with Gasteiger partial charge in [0, 0.05) is 24.9 Å². The third-order valence-corrected chi connectivity index (χ3v) is 3.98. The van der Waals surface area contributed by atoms with E-state index in [2.05, 4.69) is 52.6 Å². The highest BCUT2D eigenvalue weighted by Gasteiger charge is 2.15. The Balaban J connectivity index is 1.63. The summed E-state index contributed by atoms with van der Waals surface area (Å²) in [6.07, 6.45) is 4.13. The first-order chi connectivity index (χ1) is 10.7. The Morgan fingerprint density at radius 3 is 2.77 bits per heavy atom. The number of rotatable bonds is 5. The van der Waals surface area contributed by atoms with Crippen LogP contribution in [0.2, 0.25) is 0 Å². The van der Waals surface area contributed by atoms with Crippen molar-refractivity contribution in [3.05, 3.63) is 41.7 Å². The summed E-state index contributed by atoms with van der Waals surface area (Å²) in [6.45, 7) is 5.88. The summed E-state index contributed by atoms with van der Waals surface area (Å²) in [6, 6.07) is 8.21. The van der Waals surface area contributed by atoms with Crippen LogP contribution in [0.1, 0.15) is 24.0 Å². The van der Waals surface area contributed by atoms with Gasteiger partial charge in [-0.3, -0.25) is 0 Å². The standard InChI is InChI=1S/C17H22N4O/c1-12-5-6-14(8-13(12)2)21-17-9-16(19-11-20-17)18-10-15-4-3-7-22-15/h5-6,8-9,11,15H,3-4,7,10H2,1-2H3,(H2,18,19,20,21). The van der Waals surface area contributed by atoms with Gasteiger partial charge in [0.1, 0.15) is 18.0 Å². The lowest BCUT2D eigenvalue weighted by atomic mass is 10.1. The van der Waals surface area contributed by atoms with Crippen molar-refractivity contribution in [3.63, 3.8) is 0 Å². The van der Waals surface area contributed by atoms with Crippen molar-refractivity contribution in [1.29, 1.82) is 0 Å². The summed E-state index contributed by atoms with van der Waals surface area (Å²) < 4.78 is 5.60. The Hall–Kier alpha value is -2.14. The molecule has 1 aliphatic heterocycles. The average Bonchev–Trinajstić information content (AvgIpc) is 3.03. The van der Waals surface area contributed by atoms with Crippen molar-refractivity contribution in [2.45, 2.75) is 32.8 Å². The first-order valence-electron chi connectivity index (χ1n) is 7.72. The van der Waals surface area contributed by atoms with Crippen LogP contribution in [0.5, 0.6) is 0 Å². The Morgan fingerprint density at radius 1 is 1.14 bits per heavy atom. The molecule has 0 bridgehead atoms. The number of nitrogens with zero attached hydrogens (tertiary/aromatic N) is 2. The summed E-state index contributed by atoms with van der Waals surface area (Å²) in [7, 11) is 0. The lowest BCUT2D eigenvalue weighted by Crippen LogP contribution is -2.19. The van der Waals surface area contributed by atoms with Crippen molar-refractivity contribution < 1.29 is 4.74 Å². The lowest BCUT2D eigenvalue weighted by Gasteiger charge is -2.12. The normalized spacial score (nSPS) is 17.5. The molecular formula is C17H22N4O. The van der Waals surface area contributed by atoms with Crippen LogP contribution in [0.15, 0.2) is 30.6 Å². The second kappa shape index (κ2) is 6.75. The highest BCUT2D eigenvalue weighted by Crippen LogP contribution is 2.19. The molecular weight excluding hydrogens is 276 g/mol. The fraction of sp³-hybridized carbons (Fsp3) is 0.412. The smallest absolute Gasteiger partial charge is 0.135 e. The molecule has 1 unspecified atom stereocenters. The number of ether oxygens (including phenoxy) is 1. The van der Waals surface area contributed by atoms with Gasteiger partial charge in [-0.1, -0.05) is 6.07 Å². The van der Waals surface area contributed by atoms with Crippen molar-refractivity contribution in [3.8, 4) is 0 Å². The molecule has 0 saturated carbocycles. The fourth-order valence-electron chi connectivity index (χ4n) is 2.51. The van der Waals surface area contributed by atoms with Crippen LogP contribution in [-0.2, 0) is 4.74 Å². The van der Waals surface area contributed by atoms with Crippen LogP contribution in [-0.4, -0.2) is 29.2 Å². The minimum absolute atomic E-state index is 0.297. The summed E-state index contributed by atoms with van der Waals surface area (Å²) in [4.78, 5) is 8.53. The summed E-state index contributed by atoms with van der Waals surface area (Å²) >= 11 is 0. The molecule has 0 radical (unpaired) electrons. The predicted octanol–water partition coefficient (Wildman–Crippen LogP) is 3.43. The Bertz CT molecular complexity index is 638. The molecule has 0 spiro atoms. The third-order valence-electron chi connectivity index (χ3n) is 3.98. The molecule has 1 atom stereocenters. The number of hydrogen-bond donors (Lipinski definition) is 2. The molecule has 116 valence electrons. The lowest BCUT2D eigenvalue weighted by molar-refractivity contribution is 0.120. The molecule has 2 N–H and O–H groups in total. The molecule has 5 nitrogen and oxygen atoms in total. The summed E-state index contributed by atoms with van der Waals surface area (Å²) in [5.74, 6) is 1.60. The molecule has 1 saturated heterocycles. The Labute approximate surface area is 131 Å². The number of aromatic nitrogens is 2. The van der Waals surface area contributed by atoms with Gasteiger partial charge in [0.05, 0.1) is 6.10 Å². The Kier molecular flexibility index (Phi) is 4.53. The number of aryl methyl sites for hydroxylation is 2. The first-order valence-corrected chi connectivity index (χ1v) is 7.72. The topological polar surface area (TPSA) is 59.1 Å². The fourth-order valence-corrected chi connectivity index (χ4v) is 2.51. The van der Waals surface area contributed by atoms with Crippen LogP contribution in [0.25, 0.3) is 0 Å². The van der Waals surface area contributed by atoms with E-state index >= 15 is 0 Å². The molecule has 1 aliphatic rings. The van der Waals surface area contributed by atoms with Gasteiger partial charge in [-0.25, -0.2) is 9.97 Å². The van der Waals surface area contributed by atoms with E-state index in [1.54, 1.807) is 6.33 Å². The van der Waals surface area contributed by atoms with Gasteiger partial charge in [0.15, 0.2) is 0 Å². The maximum Gasteiger partial charge on any atom is 0.135 e. The van der Waals surface area contributed by atoms with Crippen LogP contribution in [0.3, 0.4) is 0 Å². The van der Waals surface area contributed by atoms with E-state index in [1.165, 1.54) is 11.1 Å². The van der Waals surface area contributed by atoms with E-state index in [0.717, 1.165) is 43.3 Å². The highest BCUT2D eigenvalue weighted by molar-refractivity contribution is 5.60. The van der Waals surface area contributed by atoms with E-state index in [0.29, 0.717) is 6.10 Å². The number of hydrogen-bond acceptors (Lipinski definition) is 5. The summed E-state index contributed by atoms with van der Waals surface area (Å²) in [5.41, 5.74) is 3.58. The minimum Gasteiger partial charge on any atom is -0.376 e. The Morgan fingerprint density at radius 2 is 2.00 bits per heavy atom. The van der Waals surface area contributed by atoms with Gasteiger partial charge >= 0.3 is 0 Å². The molecule has 2 heterocycles. The molecule has 1 aromatic heterocycles. The van der Waals surface area contributed by atoms with Gasteiger partial charge < -0.3 is 15.4 Å². The maximum absolute atomic E-state index is 5.60. The monoisotopic (exact) mass is 298 g/mol. The maximum atomic E-state index is 5.60. The molecule has 3 rings (SSSR count). The first kappa shape index (κ1) is 14.8. The average molecular weight is 298 g/mol. The zero-order chi connectivity index (χ0) is 15.4. The van der Waals surface area contributed by atoms with Crippen LogP contribution >= 0.6 is 0 Å². The van der Waals surface area contributed by atoms with E-state index in [4.69, 9.17) is 4.74 Å². The predicted molar refractivity (Wildman–Crippen MR) is 88.7 cm³/mol. The zero-order valence-corrected chi connectivity index (χ0v) is 13.1. The van der Waals surface area contributed by atoms with Crippen molar-refractivity contribution in [2.24, 2.45) is 0 Å². The largest absolute Gasteiger partial charge is 0.376 e. The SMILES string of the molecule is Cc1ccc(Nc2cc(NCC3CCCO3)ncn2)cc1C. The molecule has 0 aliphatic carbocycles. The van der Waals surface area contributed by atoms with Gasteiger partial charge in [-0.15, -0.1) is 0 Å². The van der Waals surface area contributed by atoms with Crippen LogP contribution < -0.4 is 10.6 Å². The second-order valence-electron chi connectivity index (χ2n) is 5.73. The van der Waals surface area contributed by atoms with Crippen molar-refractivity contribution in [2.75, 3.05) is 23.8 Å². The van der Waals surface area contributed by atoms with E-state index in [1.807, 2.05) is 6.07 Å². The molecule has 2 aromatic rings. The molecule has 5 heteroatoms. The number of anilines is 3. The number of nitrogens with one attached hydrogen (secondary N) is 2. The molecule has 1 aromatic carbocycles. The second-order valence-corrected chi connectivity index (χ2v) is 5.73. The van der Waals surface area contributed by atoms with Gasteiger partial charge in [-0.05, 0) is 49.9 Å². The van der Waals surface area contributed by atoms with Crippen LogP contribution in [0.4, 0.5) is 17.3 Å². The quantitative estimate of drug-likeness (QED) is 0.885. The van der Waals surface area contributed by atoms with E-state index in [9.17, 15) is 0 Å².